The number of hydrogen-bond acceptors (Lipinski definition) is 7. The summed E-state index contributed by atoms with van der Waals surface area (Å²) in [6.07, 6.45) is 1.52. The summed E-state index contributed by atoms with van der Waals surface area (Å²) in [6, 6.07) is 24.3. The van der Waals surface area contributed by atoms with Crippen molar-refractivity contribution >= 4 is 58.5 Å². The zero-order chi connectivity index (χ0) is 32.3. The van der Waals surface area contributed by atoms with E-state index in [0.29, 0.717) is 44.8 Å². The lowest BCUT2D eigenvalue weighted by atomic mass is 10.1. The molecule has 0 fully saturated rings. The van der Waals surface area contributed by atoms with Crippen LogP contribution in [0.25, 0.3) is 6.08 Å². The Hall–Kier alpha value is -4.93. The van der Waals surface area contributed by atoms with Crippen molar-refractivity contribution in [3.63, 3.8) is 0 Å². The van der Waals surface area contributed by atoms with E-state index in [1.807, 2.05) is 13.0 Å². The molecule has 0 heterocycles. The van der Waals surface area contributed by atoms with Gasteiger partial charge in [-0.3, -0.25) is 14.4 Å². The van der Waals surface area contributed by atoms with Gasteiger partial charge in [-0.15, -0.1) is 11.8 Å². The molecule has 0 aliphatic heterocycles. The van der Waals surface area contributed by atoms with Crippen LogP contribution in [0.4, 0.5) is 11.4 Å². The van der Waals surface area contributed by atoms with E-state index in [1.165, 1.54) is 39.2 Å². The monoisotopic (exact) mass is 645 g/mol. The fraction of sp³-hybridized carbons (Fsp3) is 0.147. The highest BCUT2D eigenvalue weighted by molar-refractivity contribution is 8.00. The predicted molar refractivity (Wildman–Crippen MR) is 179 cm³/mol. The van der Waals surface area contributed by atoms with Crippen LogP contribution in [0.1, 0.15) is 21.5 Å². The lowest BCUT2D eigenvalue weighted by molar-refractivity contribution is -0.114. The van der Waals surface area contributed by atoms with Crippen molar-refractivity contribution in [1.29, 1.82) is 0 Å². The summed E-state index contributed by atoms with van der Waals surface area (Å²) in [7, 11) is 4.48. The Kier molecular flexibility index (Phi) is 11.5. The quantitative estimate of drug-likeness (QED) is 0.114. The number of ether oxygens (including phenoxy) is 3. The van der Waals surface area contributed by atoms with Crippen molar-refractivity contribution in [3.05, 3.63) is 112 Å². The minimum Gasteiger partial charge on any atom is -0.493 e. The molecule has 0 aliphatic rings. The van der Waals surface area contributed by atoms with E-state index in [1.54, 1.807) is 78.9 Å². The fourth-order valence-electron chi connectivity index (χ4n) is 4.14. The van der Waals surface area contributed by atoms with E-state index in [2.05, 4.69) is 16.0 Å². The number of hydrogen-bond donors (Lipinski definition) is 3. The second kappa shape index (κ2) is 15.7. The van der Waals surface area contributed by atoms with Crippen LogP contribution >= 0.6 is 23.4 Å². The summed E-state index contributed by atoms with van der Waals surface area (Å²) < 4.78 is 16.3. The zero-order valence-corrected chi connectivity index (χ0v) is 26.7. The van der Waals surface area contributed by atoms with E-state index in [9.17, 15) is 14.4 Å². The van der Waals surface area contributed by atoms with Gasteiger partial charge >= 0.3 is 0 Å². The third-order valence-corrected chi connectivity index (χ3v) is 7.88. The van der Waals surface area contributed by atoms with Gasteiger partial charge in [0.2, 0.25) is 11.7 Å². The van der Waals surface area contributed by atoms with Gasteiger partial charge in [0.1, 0.15) is 5.70 Å². The number of rotatable bonds is 12. The lowest BCUT2D eigenvalue weighted by Gasteiger charge is -2.15. The molecule has 4 aromatic rings. The van der Waals surface area contributed by atoms with Gasteiger partial charge in [-0.2, -0.15) is 0 Å². The molecular weight excluding hydrogens is 614 g/mol. The van der Waals surface area contributed by atoms with Gasteiger partial charge < -0.3 is 30.2 Å². The molecule has 4 aromatic carbocycles. The highest BCUT2D eigenvalue weighted by Crippen LogP contribution is 2.38. The largest absolute Gasteiger partial charge is 0.493 e. The van der Waals surface area contributed by atoms with Crippen LogP contribution in [0.3, 0.4) is 0 Å². The van der Waals surface area contributed by atoms with Crippen LogP contribution in [0.5, 0.6) is 17.2 Å². The van der Waals surface area contributed by atoms with Crippen molar-refractivity contribution < 1.29 is 28.6 Å². The SMILES string of the molecule is COc1cc(/C=C(\NC(=O)c2ccccc2)C(=O)Nc2ccc(SCC(=O)Nc3ccc(C)c(Cl)c3)cc2)cc(OC)c1OC. The average Bonchev–Trinajstić information content (AvgIpc) is 3.05. The Labute approximate surface area is 270 Å². The number of anilines is 2. The number of carbonyl (C=O) groups is 3. The Balaban J connectivity index is 1.49. The van der Waals surface area contributed by atoms with E-state index in [0.717, 1.165) is 10.5 Å². The maximum absolute atomic E-state index is 13.5. The third-order valence-electron chi connectivity index (χ3n) is 6.46. The Bertz CT molecular complexity index is 1690. The van der Waals surface area contributed by atoms with Crippen molar-refractivity contribution in [1.82, 2.24) is 5.32 Å². The van der Waals surface area contributed by atoms with E-state index >= 15 is 0 Å². The van der Waals surface area contributed by atoms with Gasteiger partial charge in [0.05, 0.1) is 27.1 Å². The topological polar surface area (TPSA) is 115 Å². The smallest absolute Gasteiger partial charge is 0.272 e. The van der Waals surface area contributed by atoms with Crippen molar-refractivity contribution in [2.75, 3.05) is 37.7 Å². The zero-order valence-electron chi connectivity index (χ0n) is 25.1. The normalized spacial score (nSPS) is 10.9. The minimum atomic E-state index is -0.551. The molecule has 0 atom stereocenters. The molecule has 0 saturated heterocycles. The first-order valence-corrected chi connectivity index (χ1v) is 15.1. The van der Waals surface area contributed by atoms with Crippen molar-refractivity contribution in [3.8, 4) is 17.2 Å². The van der Waals surface area contributed by atoms with Gasteiger partial charge in [0.25, 0.3) is 11.8 Å². The van der Waals surface area contributed by atoms with Crippen LogP contribution in [0.15, 0.2) is 95.5 Å². The first kappa shape index (κ1) is 33.0. The first-order chi connectivity index (χ1) is 21.7. The predicted octanol–water partition coefficient (Wildman–Crippen LogP) is 6.81. The van der Waals surface area contributed by atoms with Crippen molar-refractivity contribution in [2.45, 2.75) is 11.8 Å². The number of amides is 3. The number of halogens is 1. The molecule has 0 saturated carbocycles. The summed E-state index contributed by atoms with van der Waals surface area (Å²) in [6.45, 7) is 1.89. The van der Waals surface area contributed by atoms with E-state index < -0.39 is 11.8 Å². The third kappa shape index (κ3) is 9.04. The summed E-state index contributed by atoms with van der Waals surface area (Å²) in [5.74, 6) is 0.180. The minimum absolute atomic E-state index is 0.00976. The summed E-state index contributed by atoms with van der Waals surface area (Å²) >= 11 is 7.49. The summed E-state index contributed by atoms with van der Waals surface area (Å²) in [4.78, 5) is 39.8. The van der Waals surface area contributed by atoms with Gasteiger partial charge in [-0.05, 0) is 84.8 Å². The van der Waals surface area contributed by atoms with Crippen LogP contribution < -0.4 is 30.2 Å². The molecule has 3 N–H and O–H groups in total. The number of thioether (sulfide) groups is 1. The van der Waals surface area contributed by atoms with Gasteiger partial charge in [-0.25, -0.2) is 0 Å². The van der Waals surface area contributed by atoms with E-state index in [-0.39, 0.29) is 17.4 Å². The van der Waals surface area contributed by atoms with Crippen LogP contribution in [-0.4, -0.2) is 44.8 Å². The second-order valence-corrected chi connectivity index (χ2v) is 11.1. The standard InChI is InChI=1S/C34H32ClN3O6S/c1-21-10-11-25(19-27(21)35)36-31(39)20-45-26-14-12-24(13-15-26)37-34(41)28(38-33(40)23-8-6-5-7-9-23)16-22-17-29(42-2)32(44-4)30(18-22)43-3/h5-19H,20H2,1-4H3,(H,36,39)(H,37,41)(H,38,40)/b28-16-. The number of nitrogens with one attached hydrogen (secondary N) is 3. The average molecular weight is 646 g/mol. The molecule has 3 amide bonds. The highest BCUT2D eigenvalue weighted by Gasteiger charge is 2.18. The molecule has 0 spiro atoms. The van der Waals surface area contributed by atoms with Crippen LogP contribution in [0.2, 0.25) is 5.02 Å². The highest BCUT2D eigenvalue weighted by atomic mass is 35.5. The lowest BCUT2D eigenvalue weighted by Crippen LogP contribution is -2.30. The van der Waals surface area contributed by atoms with Gasteiger partial charge in [0.15, 0.2) is 11.5 Å². The Morgan fingerprint density at radius 1 is 0.800 bits per heavy atom. The molecule has 0 aromatic heterocycles. The number of aryl methyl sites for hydroxylation is 1. The van der Waals surface area contributed by atoms with E-state index in [4.69, 9.17) is 25.8 Å². The number of methoxy groups -OCH3 is 3. The number of benzene rings is 4. The maximum Gasteiger partial charge on any atom is 0.272 e. The first-order valence-electron chi connectivity index (χ1n) is 13.7. The molecule has 9 nitrogen and oxygen atoms in total. The molecule has 0 aliphatic carbocycles. The molecular formula is C34H32ClN3O6S. The number of carbonyl (C=O) groups excluding carboxylic acids is 3. The molecule has 0 bridgehead atoms. The molecule has 4 rings (SSSR count). The molecule has 45 heavy (non-hydrogen) atoms. The molecule has 232 valence electrons. The molecule has 0 radical (unpaired) electrons. The van der Waals surface area contributed by atoms with Crippen LogP contribution in [0, 0.1) is 6.92 Å². The summed E-state index contributed by atoms with van der Waals surface area (Å²) in [5.41, 5.74) is 2.96. The van der Waals surface area contributed by atoms with Crippen molar-refractivity contribution in [2.24, 2.45) is 0 Å². The molecule has 0 unspecified atom stereocenters. The van der Waals surface area contributed by atoms with Gasteiger partial charge in [0, 0.05) is 26.9 Å². The summed E-state index contributed by atoms with van der Waals surface area (Å²) in [5, 5.41) is 8.96. The van der Waals surface area contributed by atoms with Gasteiger partial charge in [-0.1, -0.05) is 35.9 Å². The maximum atomic E-state index is 13.5. The second-order valence-electron chi connectivity index (χ2n) is 9.62. The molecule has 11 heteroatoms. The Morgan fingerprint density at radius 2 is 1.44 bits per heavy atom. The van der Waals surface area contributed by atoms with Crippen LogP contribution in [-0.2, 0) is 9.59 Å². The Morgan fingerprint density at radius 3 is 2.04 bits per heavy atom. The fourth-order valence-corrected chi connectivity index (χ4v) is 5.02.